The van der Waals surface area contributed by atoms with Crippen LogP contribution in [0.15, 0.2) is 48.5 Å². The average Bonchev–Trinajstić information content (AvgIpc) is 2.60. The molecule has 0 aliphatic carbocycles. The highest BCUT2D eigenvalue weighted by Gasteiger charge is 2.16. The normalized spacial score (nSPS) is 12.3. The molecular formula is C22H31N3O. The van der Waals surface area contributed by atoms with Gasteiger partial charge < -0.3 is 16.4 Å². The van der Waals surface area contributed by atoms with Gasteiger partial charge in [0.1, 0.15) is 0 Å². The fourth-order valence-electron chi connectivity index (χ4n) is 3.07. The van der Waals surface area contributed by atoms with Crippen molar-refractivity contribution in [3.8, 4) is 0 Å². The van der Waals surface area contributed by atoms with Crippen LogP contribution in [0.25, 0.3) is 0 Å². The predicted molar refractivity (Wildman–Crippen MR) is 110 cm³/mol. The number of nitrogens with two attached hydrogens (primary N) is 1. The van der Waals surface area contributed by atoms with Crippen molar-refractivity contribution in [2.75, 3.05) is 11.9 Å². The minimum Gasteiger partial charge on any atom is -0.336 e. The van der Waals surface area contributed by atoms with Crippen molar-refractivity contribution >= 4 is 11.7 Å². The molecule has 0 fully saturated rings. The van der Waals surface area contributed by atoms with E-state index >= 15 is 0 Å². The fourth-order valence-corrected chi connectivity index (χ4v) is 3.07. The summed E-state index contributed by atoms with van der Waals surface area (Å²) in [6, 6.07) is 16.0. The Hall–Kier alpha value is -2.33. The van der Waals surface area contributed by atoms with E-state index in [1.165, 1.54) is 5.56 Å². The molecule has 1 atom stereocenters. The molecule has 0 radical (unpaired) electrons. The van der Waals surface area contributed by atoms with E-state index < -0.39 is 0 Å². The third kappa shape index (κ3) is 5.60. The lowest BCUT2D eigenvalue weighted by Gasteiger charge is -2.21. The summed E-state index contributed by atoms with van der Waals surface area (Å²) >= 11 is 0. The Bertz CT molecular complexity index is 684. The van der Waals surface area contributed by atoms with Gasteiger partial charge in [-0.15, -0.1) is 0 Å². The van der Waals surface area contributed by atoms with Crippen LogP contribution in [0, 0.1) is 0 Å². The Morgan fingerprint density at radius 2 is 1.50 bits per heavy atom. The van der Waals surface area contributed by atoms with E-state index in [-0.39, 0.29) is 12.1 Å². The number of benzene rings is 2. The molecule has 0 unspecified atom stereocenters. The molecular weight excluding hydrogens is 322 g/mol. The Morgan fingerprint density at radius 1 is 0.923 bits per heavy atom. The molecule has 2 aromatic rings. The van der Waals surface area contributed by atoms with E-state index in [1.54, 1.807) is 0 Å². The molecule has 4 N–H and O–H groups in total. The van der Waals surface area contributed by atoms with Crippen LogP contribution >= 0.6 is 0 Å². The number of para-hydroxylation sites is 1. The Labute approximate surface area is 157 Å². The standard InChI is InChI=1S/C22H31N3O/c1-15(2)19-11-8-12-20(16(3)4)21(19)25-22(26)24-14-18(23)13-17-9-6-5-7-10-17/h5-12,15-16,18H,13-14,23H2,1-4H3,(H2,24,25,26)/t18-/m0/s1. The van der Waals surface area contributed by atoms with E-state index in [1.807, 2.05) is 30.3 Å². The molecule has 0 heterocycles. The SMILES string of the molecule is CC(C)c1cccc(C(C)C)c1NC(=O)NC[C@@H](N)Cc1ccccc1. The lowest BCUT2D eigenvalue weighted by atomic mass is 9.93. The van der Waals surface area contributed by atoms with Gasteiger partial charge in [0.25, 0.3) is 0 Å². The minimum absolute atomic E-state index is 0.118. The molecule has 2 rings (SSSR count). The first kappa shape index (κ1) is 20.0. The number of anilines is 1. The van der Waals surface area contributed by atoms with Gasteiger partial charge in [0, 0.05) is 18.3 Å². The summed E-state index contributed by atoms with van der Waals surface area (Å²) in [5.74, 6) is 0.675. The van der Waals surface area contributed by atoms with Crippen LogP contribution < -0.4 is 16.4 Å². The second-order valence-electron chi connectivity index (χ2n) is 7.41. The van der Waals surface area contributed by atoms with Gasteiger partial charge in [0.05, 0.1) is 0 Å². The van der Waals surface area contributed by atoms with E-state index in [0.29, 0.717) is 18.4 Å². The summed E-state index contributed by atoms with van der Waals surface area (Å²) in [6.07, 6.45) is 0.737. The molecule has 140 valence electrons. The number of rotatable bonds is 7. The molecule has 0 aliphatic rings. The van der Waals surface area contributed by atoms with Gasteiger partial charge in [-0.2, -0.15) is 0 Å². The maximum absolute atomic E-state index is 12.4. The minimum atomic E-state index is -0.205. The maximum Gasteiger partial charge on any atom is 0.319 e. The van der Waals surface area contributed by atoms with E-state index in [9.17, 15) is 4.79 Å². The zero-order valence-corrected chi connectivity index (χ0v) is 16.3. The van der Waals surface area contributed by atoms with Gasteiger partial charge >= 0.3 is 6.03 Å². The quantitative estimate of drug-likeness (QED) is 0.679. The Balaban J connectivity index is 1.99. The maximum atomic E-state index is 12.4. The third-order valence-corrected chi connectivity index (χ3v) is 4.48. The number of amides is 2. The van der Waals surface area contributed by atoms with Crippen LogP contribution in [-0.4, -0.2) is 18.6 Å². The number of carbonyl (C=O) groups is 1. The van der Waals surface area contributed by atoms with Crippen molar-refractivity contribution < 1.29 is 4.79 Å². The summed E-state index contributed by atoms with van der Waals surface area (Å²) in [5, 5.41) is 5.96. The van der Waals surface area contributed by atoms with Crippen LogP contribution in [0.1, 0.15) is 56.2 Å². The van der Waals surface area contributed by atoms with Gasteiger partial charge in [-0.1, -0.05) is 76.2 Å². The first-order chi connectivity index (χ1) is 12.4. The van der Waals surface area contributed by atoms with Gasteiger partial charge in [-0.25, -0.2) is 4.79 Å². The molecule has 2 amide bonds. The van der Waals surface area contributed by atoms with Gasteiger partial charge in [-0.3, -0.25) is 0 Å². The van der Waals surface area contributed by atoms with E-state index in [2.05, 4.69) is 56.5 Å². The monoisotopic (exact) mass is 353 g/mol. The number of carbonyl (C=O) groups excluding carboxylic acids is 1. The first-order valence-electron chi connectivity index (χ1n) is 9.35. The van der Waals surface area contributed by atoms with Gasteiger partial charge in [0.2, 0.25) is 0 Å². The second-order valence-corrected chi connectivity index (χ2v) is 7.41. The van der Waals surface area contributed by atoms with Crippen molar-refractivity contribution in [1.82, 2.24) is 5.32 Å². The molecule has 0 saturated heterocycles. The molecule has 0 aromatic heterocycles. The zero-order chi connectivity index (χ0) is 19.1. The number of hydrogen-bond acceptors (Lipinski definition) is 2. The predicted octanol–water partition coefficient (Wildman–Crippen LogP) is 4.62. The van der Waals surface area contributed by atoms with E-state index in [4.69, 9.17) is 5.73 Å². The van der Waals surface area contributed by atoms with Crippen LogP contribution in [0.5, 0.6) is 0 Å². The number of nitrogens with one attached hydrogen (secondary N) is 2. The van der Waals surface area contributed by atoms with Crippen molar-refractivity contribution in [2.45, 2.75) is 52.0 Å². The Kier molecular flexibility index (Phi) is 7.22. The zero-order valence-electron chi connectivity index (χ0n) is 16.3. The van der Waals surface area contributed by atoms with Crippen LogP contribution in [0.3, 0.4) is 0 Å². The summed E-state index contributed by atoms with van der Waals surface area (Å²) in [5.41, 5.74) is 10.6. The van der Waals surface area contributed by atoms with E-state index in [0.717, 1.165) is 23.2 Å². The fraction of sp³-hybridized carbons (Fsp3) is 0.409. The van der Waals surface area contributed by atoms with Crippen molar-refractivity contribution in [3.63, 3.8) is 0 Å². The van der Waals surface area contributed by atoms with Gasteiger partial charge in [0.15, 0.2) is 0 Å². The molecule has 2 aromatic carbocycles. The highest BCUT2D eigenvalue weighted by atomic mass is 16.2. The highest BCUT2D eigenvalue weighted by Crippen LogP contribution is 2.32. The molecule has 0 spiro atoms. The number of hydrogen-bond donors (Lipinski definition) is 3. The molecule has 4 heteroatoms. The molecule has 0 bridgehead atoms. The average molecular weight is 354 g/mol. The molecule has 4 nitrogen and oxygen atoms in total. The molecule has 0 saturated carbocycles. The van der Waals surface area contributed by atoms with Crippen LogP contribution in [0.2, 0.25) is 0 Å². The lowest BCUT2D eigenvalue weighted by molar-refractivity contribution is 0.251. The largest absolute Gasteiger partial charge is 0.336 e. The van der Waals surface area contributed by atoms with Crippen molar-refractivity contribution in [1.29, 1.82) is 0 Å². The summed E-state index contributed by atoms with van der Waals surface area (Å²) in [6.45, 7) is 8.98. The van der Waals surface area contributed by atoms with Crippen molar-refractivity contribution in [2.24, 2.45) is 5.73 Å². The molecule has 0 aliphatic heterocycles. The number of urea groups is 1. The lowest BCUT2D eigenvalue weighted by Crippen LogP contribution is -2.40. The Morgan fingerprint density at radius 3 is 2.04 bits per heavy atom. The summed E-state index contributed by atoms with van der Waals surface area (Å²) in [7, 11) is 0. The highest BCUT2D eigenvalue weighted by molar-refractivity contribution is 5.91. The second kappa shape index (κ2) is 9.39. The van der Waals surface area contributed by atoms with Crippen LogP contribution in [-0.2, 0) is 6.42 Å². The van der Waals surface area contributed by atoms with Gasteiger partial charge in [-0.05, 0) is 34.9 Å². The smallest absolute Gasteiger partial charge is 0.319 e. The summed E-state index contributed by atoms with van der Waals surface area (Å²) in [4.78, 5) is 12.4. The van der Waals surface area contributed by atoms with Crippen molar-refractivity contribution in [3.05, 3.63) is 65.2 Å². The topological polar surface area (TPSA) is 67.2 Å². The molecule has 26 heavy (non-hydrogen) atoms. The first-order valence-corrected chi connectivity index (χ1v) is 9.35. The van der Waals surface area contributed by atoms with Crippen LogP contribution in [0.4, 0.5) is 10.5 Å². The third-order valence-electron chi connectivity index (χ3n) is 4.48. The summed E-state index contributed by atoms with van der Waals surface area (Å²) < 4.78 is 0.